The van der Waals surface area contributed by atoms with Gasteiger partial charge in [-0.25, -0.2) is 4.98 Å². The van der Waals surface area contributed by atoms with Crippen molar-refractivity contribution < 1.29 is 0 Å². The molecule has 122 valence electrons. The number of aryl methyl sites for hydroxylation is 2. The molecule has 0 bridgehead atoms. The Morgan fingerprint density at radius 2 is 1.83 bits per heavy atom. The summed E-state index contributed by atoms with van der Waals surface area (Å²) in [6.07, 6.45) is 1.75. The molecule has 0 aliphatic carbocycles. The predicted molar refractivity (Wildman–Crippen MR) is 103 cm³/mol. The van der Waals surface area contributed by atoms with Gasteiger partial charge in [-0.05, 0) is 54.8 Å². The Kier molecular flexibility index (Phi) is 5.11. The van der Waals surface area contributed by atoms with Crippen molar-refractivity contribution in [2.75, 3.05) is 10.6 Å². The second-order valence-electron chi connectivity index (χ2n) is 5.63. The summed E-state index contributed by atoms with van der Waals surface area (Å²) >= 11 is 3.47. The lowest BCUT2D eigenvalue weighted by Crippen LogP contribution is -2.05. The molecule has 0 aliphatic rings. The average Bonchev–Trinajstić information content (AvgIpc) is 2.57. The lowest BCUT2D eigenvalue weighted by atomic mass is 10.1. The Morgan fingerprint density at radius 1 is 1.00 bits per heavy atom. The highest BCUT2D eigenvalue weighted by Gasteiger charge is 2.04. The quantitative estimate of drug-likeness (QED) is 0.635. The first kappa shape index (κ1) is 16.5. The molecule has 0 radical (unpaired) electrons. The van der Waals surface area contributed by atoms with Crippen LogP contribution in [0.4, 0.5) is 17.5 Å². The number of rotatable bonds is 5. The number of anilines is 3. The molecule has 3 aromatic rings. The number of hydrogen-bond acceptors (Lipinski definition) is 4. The van der Waals surface area contributed by atoms with Gasteiger partial charge >= 0.3 is 0 Å². The van der Waals surface area contributed by atoms with Crippen LogP contribution >= 0.6 is 15.9 Å². The Hall–Kier alpha value is -2.40. The number of aromatic nitrogens is 2. The summed E-state index contributed by atoms with van der Waals surface area (Å²) < 4.78 is 1.06. The monoisotopic (exact) mass is 382 g/mol. The fourth-order valence-corrected chi connectivity index (χ4v) is 2.87. The summed E-state index contributed by atoms with van der Waals surface area (Å²) in [5, 5.41) is 6.62. The molecule has 0 fully saturated rings. The molecule has 0 saturated heterocycles. The van der Waals surface area contributed by atoms with Crippen molar-refractivity contribution in [1.29, 1.82) is 0 Å². The number of benzene rings is 2. The third-order valence-electron chi connectivity index (χ3n) is 3.81. The van der Waals surface area contributed by atoms with Crippen molar-refractivity contribution in [2.24, 2.45) is 0 Å². The van der Waals surface area contributed by atoms with Crippen LogP contribution in [-0.2, 0) is 6.54 Å². The van der Waals surface area contributed by atoms with Crippen molar-refractivity contribution in [3.8, 4) is 0 Å². The summed E-state index contributed by atoms with van der Waals surface area (Å²) in [5.74, 6) is 1.38. The van der Waals surface area contributed by atoms with Crippen molar-refractivity contribution in [2.45, 2.75) is 20.4 Å². The second kappa shape index (κ2) is 7.45. The number of nitrogens with one attached hydrogen (secondary N) is 2. The molecule has 0 amide bonds. The summed E-state index contributed by atoms with van der Waals surface area (Å²) in [5.41, 5.74) is 4.65. The minimum Gasteiger partial charge on any atom is -0.366 e. The number of halogens is 1. The lowest BCUT2D eigenvalue weighted by molar-refractivity contribution is 1.07. The third kappa shape index (κ3) is 4.11. The Labute approximate surface area is 150 Å². The average molecular weight is 383 g/mol. The van der Waals surface area contributed by atoms with Crippen LogP contribution in [0.3, 0.4) is 0 Å². The van der Waals surface area contributed by atoms with E-state index in [1.165, 1.54) is 11.1 Å². The summed E-state index contributed by atoms with van der Waals surface area (Å²) in [6.45, 7) is 4.90. The minimum absolute atomic E-state index is 0.579. The maximum absolute atomic E-state index is 4.53. The van der Waals surface area contributed by atoms with Gasteiger partial charge in [0.2, 0.25) is 5.95 Å². The van der Waals surface area contributed by atoms with Gasteiger partial charge in [-0.2, -0.15) is 4.98 Å². The first-order valence-corrected chi connectivity index (χ1v) is 8.56. The fourth-order valence-electron chi connectivity index (χ4n) is 2.40. The van der Waals surface area contributed by atoms with Gasteiger partial charge < -0.3 is 10.6 Å². The van der Waals surface area contributed by atoms with Gasteiger partial charge in [0.1, 0.15) is 5.82 Å². The lowest BCUT2D eigenvalue weighted by Gasteiger charge is -2.11. The van der Waals surface area contributed by atoms with Gasteiger partial charge in [0.05, 0.1) is 0 Å². The summed E-state index contributed by atoms with van der Waals surface area (Å²) in [6, 6.07) is 16.3. The zero-order valence-electron chi connectivity index (χ0n) is 13.7. The van der Waals surface area contributed by atoms with Crippen LogP contribution in [-0.4, -0.2) is 9.97 Å². The first-order valence-electron chi connectivity index (χ1n) is 7.76. The Bertz CT molecular complexity index is 848. The van der Waals surface area contributed by atoms with Gasteiger partial charge in [0.15, 0.2) is 0 Å². The molecule has 0 aliphatic heterocycles. The Morgan fingerprint density at radius 3 is 2.62 bits per heavy atom. The first-order chi connectivity index (χ1) is 11.6. The van der Waals surface area contributed by atoms with Crippen molar-refractivity contribution in [3.05, 3.63) is 75.9 Å². The van der Waals surface area contributed by atoms with E-state index < -0.39 is 0 Å². The van der Waals surface area contributed by atoms with Gasteiger partial charge in [0, 0.05) is 22.9 Å². The van der Waals surface area contributed by atoms with Gasteiger partial charge in [-0.15, -0.1) is 0 Å². The highest BCUT2D eigenvalue weighted by atomic mass is 79.9. The maximum atomic E-state index is 4.53. The number of hydrogen-bond donors (Lipinski definition) is 2. The van der Waals surface area contributed by atoms with Crippen LogP contribution in [0.25, 0.3) is 0 Å². The number of nitrogens with zero attached hydrogens (tertiary/aromatic N) is 2. The third-order valence-corrected chi connectivity index (χ3v) is 4.30. The molecular weight excluding hydrogens is 364 g/mol. The molecule has 1 aromatic heterocycles. The highest BCUT2D eigenvalue weighted by Crippen LogP contribution is 2.22. The van der Waals surface area contributed by atoms with E-state index in [9.17, 15) is 0 Å². The molecule has 0 saturated carbocycles. The molecule has 1 heterocycles. The van der Waals surface area contributed by atoms with E-state index in [1.54, 1.807) is 6.20 Å². The zero-order valence-corrected chi connectivity index (χ0v) is 15.3. The standard InChI is InChI=1S/C19H19BrN4/c1-13-5-3-4-6-15(13)12-22-18-9-10-21-19(24-18)23-17-8-7-16(20)11-14(17)2/h3-11H,12H2,1-2H3,(H2,21,22,23,24). The topological polar surface area (TPSA) is 49.8 Å². The van der Waals surface area contributed by atoms with Crippen LogP contribution in [0.15, 0.2) is 59.2 Å². The molecule has 2 N–H and O–H groups in total. The molecular formula is C19H19BrN4. The fraction of sp³-hybridized carbons (Fsp3) is 0.158. The van der Waals surface area contributed by atoms with Gasteiger partial charge in [-0.3, -0.25) is 0 Å². The smallest absolute Gasteiger partial charge is 0.229 e. The molecule has 5 heteroatoms. The van der Waals surface area contributed by atoms with Crippen molar-refractivity contribution in [1.82, 2.24) is 9.97 Å². The van der Waals surface area contributed by atoms with Crippen molar-refractivity contribution >= 4 is 33.4 Å². The van der Waals surface area contributed by atoms with E-state index in [2.05, 4.69) is 61.7 Å². The molecule has 0 atom stereocenters. The summed E-state index contributed by atoms with van der Waals surface area (Å²) in [7, 11) is 0. The van der Waals surface area contributed by atoms with Crippen molar-refractivity contribution in [3.63, 3.8) is 0 Å². The normalized spacial score (nSPS) is 10.5. The molecule has 4 nitrogen and oxygen atoms in total. The largest absolute Gasteiger partial charge is 0.366 e. The molecule has 2 aromatic carbocycles. The predicted octanol–water partition coefficient (Wildman–Crippen LogP) is 5.21. The van der Waals surface area contributed by atoms with Crippen LogP contribution in [0.1, 0.15) is 16.7 Å². The van der Waals surface area contributed by atoms with Crippen LogP contribution in [0, 0.1) is 13.8 Å². The van der Waals surface area contributed by atoms with E-state index in [1.807, 2.05) is 37.3 Å². The van der Waals surface area contributed by atoms with Crippen LogP contribution in [0.5, 0.6) is 0 Å². The van der Waals surface area contributed by atoms with Crippen LogP contribution < -0.4 is 10.6 Å². The highest BCUT2D eigenvalue weighted by molar-refractivity contribution is 9.10. The molecule has 3 rings (SSSR count). The van der Waals surface area contributed by atoms with E-state index in [-0.39, 0.29) is 0 Å². The zero-order chi connectivity index (χ0) is 16.9. The van der Waals surface area contributed by atoms with Gasteiger partial charge in [-0.1, -0.05) is 40.2 Å². The second-order valence-corrected chi connectivity index (χ2v) is 6.55. The van der Waals surface area contributed by atoms with E-state index in [4.69, 9.17) is 0 Å². The molecule has 0 spiro atoms. The van der Waals surface area contributed by atoms with Gasteiger partial charge in [0.25, 0.3) is 0 Å². The Balaban J connectivity index is 1.71. The SMILES string of the molecule is Cc1ccccc1CNc1ccnc(Nc2ccc(Br)cc2C)n1. The molecule has 0 unspecified atom stereocenters. The van der Waals surface area contributed by atoms with E-state index >= 15 is 0 Å². The summed E-state index contributed by atoms with van der Waals surface area (Å²) in [4.78, 5) is 8.83. The molecule has 24 heavy (non-hydrogen) atoms. The van der Waals surface area contributed by atoms with E-state index in [0.717, 1.165) is 28.1 Å². The van der Waals surface area contributed by atoms with E-state index in [0.29, 0.717) is 5.95 Å². The maximum Gasteiger partial charge on any atom is 0.229 e. The minimum atomic E-state index is 0.579. The van der Waals surface area contributed by atoms with Crippen LogP contribution in [0.2, 0.25) is 0 Å².